The maximum absolute atomic E-state index is 13.3. The number of hydrogen-bond acceptors (Lipinski definition) is 5. The Morgan fingerprint density at radius 1 is 0.906 bits per heavy atom. The summed E-state index contributed by atoms with van der Waals surface area (Å²) < 4.78 is 16.3. The molecule has 2 unspecified atom stereocenters. The van der Waals surface area contributed by atoms with Gasteiger partial charge in [-0.25, -0.2) is 0 Å². The number of rotatable bonds is 5. The second-order valence-corrected chi connectivity index (χ2v) is 8.69. The van der Waals surface area contributed by atoms with E-state index in [1.807, 2.05) is 12.1 Å². The maximum atomic E-state index is 13.3. The van der Waals surface area contributed by atoms with Crippen molar-refractivity contribution in [2.75, 3.05) is 21.3 Å². The number of carbonyl (C=O) groups is 2. The van der Waals surface area contributed by atoms with E-state index in [0.717, 1.165) is 11.1 Å². The summed E-state index contributed by atoms with van der Waals surface area (Å²) in [6, 6.07) is 8.85. The van der Waals surface area contributed by atoms with Gasteiger partial charge in [-0.2, -0.15) is 0 Å². The fourth-order valence-electron chi connectivity index (χ4n) is 4.58. The lowest BCUT2D eigenvalue weighted by Crippen LogP contribution is -2.38. The zero-order chi connectivity index (χ0) is 23.0. The minimum Gasteiger partial charge on any atom is -0.493 e. The Balaban J connectivity index is 1.74. The van der Waals surface area contributed by atoms with Crippen LogP contribution in [-0.2, 0) is 9.59 Å². The van der Waals surface area contributed by atoms with Crippen LogP contribution in [0.25, 0.3) is 0 Å². The Morgan fingerprint density at radius 2 is 1.59 bits per heavy atom. The van der Waals surface area contributed by atoms with Gasteiger partial charge in [0.05, 0.1) is 21.3 Å². The molecule has 0 aromatic heterocycles. The van der Waals surface area contributed by atoms with E-state index in [1.165, 1.54) is 0 Å². The van der Waals surface area contributed by atoms with Crippen molar-refractivity contribution in [2.45, 2.75) is 31.1 Å². The van der Waals surface area contributed by atoms with Gasteiger partial charge in [-0.05, 0) is 47.7 Å². The summed E-state index contributed by atoms with van der Waals surface area (Å²) in [5, 5.41) is 3.88. The fourth-order valence-corrected chi connectivity index (χ4v) is 5.12. The lowest BCUT2D eigenvalue weighted by atomic mass is 9.73. The minimum atomic E-state index is -0.392. The number of halogens is 2. The summed E-state index contributed by atoms with van der Waals surface area (Å²) in [7, 11) is 4.64. The molecule has 1 N–H and O–H groups in total. The molecule has 2 aromatic rings. The Hall–Kier alpha value is -2.70. The summed E-state index contributed by atoms with van der Waals surface area (Å²) in [6.07, 6.45) is 0.975. The molecule has 1 amide bonds. The second kappa shape index (κ2) is 9.04. The number of carbonyl (C=O) groups excluding carboxylic acids is 2. The first kappa shape index (κ1) is 22.5. The van der Waals surface area contributed by atoms with E-state index in [0.29, 0.717) is 51.4 Å². The Morgan fingerprint density at radius 3 is 2.19 bits per heavy atom. The average molecular weight is 476 g/mol. The molecule has 32 heavy (non-hydrogen) atoms. The van der Waals surface area contributed by atoms with Crippen molar-refractivity contribution in [1.82, 2.24) is 5.32 Å². The predicted molar refractivity (Wildman–Crippen MR) is 122 cm³/mol. The third kappa shape index (κ3) is 4.05. The van der Waals surface area contributed by atoms with Crippen molar-refractivity contribution in [1.29, 1.82) is 0 Å². The molecule has 2 atom stereocenters. The molecule has 4 rings (SSSR count). The largest absolute Gasteiger partial charge is 0.493 e. The van der Waals surface area contributed by atoms with Crippen LogP contribution >= 0.6 is 23.2 Å². The number of allylic oxidation sites excluding steroid dienone is 2. The van der Waals surface area contributed by atoms with Crippen LogP contribution in [0.3, 0.4) is 0 Å². The van der Waals surface area contributed by atoms with Crippen molar-refractivity contribution in [3.05, 3.63) is 62.8 Å². The van der Waals surface area contributed by atoms with Gasteiger partial charge >= 0.3 is 0 Å². The molecule has 1 aliphatic carbocycles. The van der Waals surface area contributed by atoms with Gasteiger partial charge in [-0.15, -0.1) is 0 Å². The number of ether oxygens (including phenoxy) is 3. The van der Waals surface area contributed by atoms with E-state index < -0.39 is 5.92 Å². The average Bonchev–Trinajstić information content (AvgIpc) is 2.77. The van der Waals surface area contributed by atoms with Gasteiger partial charge < -0.3 is 19.5 Å². The molecule has 168 valence electrons. The molecule has 0 radical (unpaired) electrons. The number of ketones is 1. The van der Waals surface area contributed by atoms with Gasteiger partial charge in [0.2, 0.25) is 11.7 Å². The summed E-state index contributed by atoms with van der Waals surface area (Å²) in [5.74, 6) is 0.843. The van der Waals surface area contributed by atoms with Crippen molar-refractivity contribution < 1.29 is 23.8 Å². The highest BCUT2D eigenvalue weighted by atomic mass is 35.5. The van der Waals surface area contributed by atoms with Gasteiger partial charge in [0.15, 0.2) is 17.3 Å². The van der Waals surface area contributed by atoms with Gasteiger partial charge in [0.1, 0.15) is 0 Å². The second-order valence-electron chi connectivity index (χ2n) is 7.85. The predicted octanol–water partition coefficient (Wildman–Crippen LogP) is 5.02. The Bertz CT molecular complexity index is 1100. The first-order valence-corrected chi connectivity index (χ1v) is 10.9. The van der Waals surface area contributed by atoms with Crippen LogP contribution in [-0.4, -0.2) is 33.0 Å². The lowest BCUT2D eigenvalue weighted by Gasteiger charge is -2.35. The van der Waals surface area contributed by atoms with E-state index in [1.54, 1.807) is 39.5 Å². The summed E-state index contributed by atoms with van der Waals surface area (Å²) >= 11 is 12.5. The van der Waals surface area contributed by atoms with Gasteiger partial charge in [-0.3, -0.25) is 9.59 Å². The highest BCUT2D eigenvalue weighted by Crippen LogP contribution is 2.47. The molecular formula is C24H23Cl2NO5. The van der Waals surface area contributed by atoms with Crippen molar-refractivity contribution in [3.8, 4) is 17.2 Å². The number of hydrogen-bond donors (Lipinski definition) is 1. The topological polar surface area (TPSA) is 73.9 Å². The van der Waals surface area contributed by atoms with E-state index in [-0.39, 0.29) is 24.0 Å². The molecular weight excluding hydrogens is 453 g/mol. The summed E-state index contributed by atoms with van der Waals surface area (Å²) in [4.78, 5) is 25.9. The normalized spacial score (nSPS) is 20.5. The minimum absolute atomic E-state index is 0.0129. The maximum Gasteiger partial charge on any atom is 0.225 e. The van der Waals surface area contributed by atoms with Gasteiger partial charge in [0, 0.05) is 40.1 Å². The van der Waals surface area contributed by atoms with Crippen LogP contribution in [0.15, 0.2) is 41.6 Å². The quantitative estimate of drug-likeness (QED) is 0.656. The first-order chi connectivity index (χ1) is 15.4. The number of benzene rings is 2. The molecule has 1 aliphatic heterocycles. The zero-order valence-electron chi connectivity index (χ0n) is 18.0. The van der Waals surface area contributed by atoms with E-state index in [2.05, 4.69) is 5.32 Å². The van der Waals surface area contributed by atoms with Crippen LogP contribution in [0.2, 0.25) is 10.0 Å². The highest BCUT2D eigenvalue weighted by molar-refractivity contribution is 6.35. The highest BCUT2D eigenvalue weighted by Gasteiger charge is 2.39. The monoisotopic (exact) mass is 475 g/mol. The first-order valence-electron chi connectivity index (χ1n) is 10.2. The number of nitrogens with one attached hydrogen (secondary N) is 1. The molecule has 0 fully saturated rings. The number of amides is 1. The van der Waals surface area contributed by atoms with Crippen LogP contribution < -0.4 is 19.5 Å². The van der Waals surface area contributed by atoms with Crippen molar-refractivity contribution in [2.24, 2.45) is 0 Å². The van der Waals surface area contributed by atoms with Gasteiger partial charge in [-0.1, -0.05) is 29.3 Å². The molecule has 0 saturated carbocycles. The number of Topliss-reactive ketones (excluding diaryl/α,β-unsaturated/α-hetero) is 1. The van der Waals surface area contributed by atoms with Crippen LogP contribution in [0, 0.1) is 0 Å². The molecule has 0 bridgehead atoms. The Kier molecular flexibility index (Phi) is 6.35. The van der Waals surface area contributed by atoms with Crippen LogP contribution in [0.1, 0.15) is 42.2 Å². The van der Waals surface area contributed by atoms with Crippen LogP contribution in [0.5, 0.6) is 17.2 Å². The molecule has 1 heterocycles. The zero-order valence-corrected chi connectivity index (χ0v) is 19.5. The Labute approximate surface area is 196 Å². The molecule has 0 spiro atoms. The van der Waals surface area contributed by atoms with Crippen LogP contribution in [0.4, 0.5) is 0 Å². The number of methoxy groups -OCH3 is 3. The van der Waals surface area contributed by atoms with E-state index >= 15 is 0 Å². The molecule has 8 heteroatoms. The molecule has 2 aromatic carbocycles. The third-order valence-electron chi connectivity index (χ3n) is 6.03. The molecule has 0 saturated heterocycles. The third-order valence-corrected chi connectivity index (χ3v) is 6.59. The van der Waals surface area contributed by atoms with E-state index in [4.69, 9.17) is 37.4 Å². The van der Waals surface area contributed by atoms with Crippen molar-refractivity contribution in [3.63, 3.8) is 0 Å². The van der Waals surface area contributed by atoms with Crippen molar-refractivity contribution >= 4 is 34.9 Å². The summed E-state index contributed by atoms with van der Waals surface area (Å²) in [6.45, 7) is 0. The smallest absolute Gasteiger partial charge is 0.225 e. The van der Waals surface area contributed by atoms with E-state index in [9.17, 15) is 9.59 Å². The molecule has 2 aliphatic rings. The molecule has 6 nitrogen and oxygen atoms in total. The summed E-state index contributed by atoms with van der Waals surface area (Å²) in [5.41, 5.74) is 2.88. The SMILES string of the molecule is COc1cc(C2CC(=O)C3=C(C2)NC(=O)CC3c2ccc(Cl)cc2Cl)cc(OC)c1OC. The standard InChI is InChI=1S/C24H23Cl2NO5/c1-30-20-8-13(9-21(31-2)24(20)32-3)12-6-18-23(19(28)7-12)16(11-22(29)27-18)15-5-4-14(25)10-17(15)26/h4-5,8-10,12,16H,6-7,11H2,1-3H3,(H,27,29). The van der Waals surface area contributed by atoms with Gasteiger partial charge in [0.25, 0.3) is 0 Å². The fraction of sp³-hybridized carbons (Fsp3) is 0.333. The lowest BCUT2D eigenvalue weighted by molar-refractivity contribution is -0.122.